The Kier molecular flexibility index (Phi) is 7.29. The summed E-state index contributed by atoms with van der Waals surface area (Å²) in [7, 11) is 0. The van der Waals surface area contributed by atoms with Gasteiger partial charge in [0.2, 0.25) is 0 Å². The van der Waals surface area contributed by atoms with Gasteiger partial charge in [-0.25, -0.2) is 4.79 Å². The molecule has 0 fully saturated rings. The lowest BCUT2D eigenvalue weighted by molar-refractivity contribution is 0.169. The van der Waals surface area contributed by atoms with Gasteiger partial charge in [0.1, 0.15) is 5.75 Å². The molecule has 5 heteroatoms. The van der Waals surface area contributed by atoms with E-state index in [2.05, 4.69) is 5.32 Å². The van der Waals surface area contributed by atoms with E-state index in [0.29, 0.717) is 25.3 Å². The second-order valence-electron chi connectivity index (χ2n) is 5.86. The van der Waals surface area contributed by atoms with E-state index in [0.717, 1.165) is 11.3 Å². The predicted octanol–water partition coefficient (Wildman–Crippen LogP) is 3.89. The van der Waals surface area contributed by atoms with Gasteiger partial charge in [0, 0.05) is 24.9 Å². The summed E-state index contributed by atoms with van der Waals surface area (Å²) in [4.78, 5) is 14.5. The van der Waals surface area contributed by atoms with Crippen molar-refractivity contribution < 1.29 is 14.6 Å². The molecule has 2 aromatic carbocycles. The number of nitrogens with zero attached hydrogens (tertiary/aromatic N) is 1. The fraction of sp³-hybridized carbons (Fsp3) is 0.350. The highest BCUT2D eigenvalue weighted by Gasteiger charge is 2.20. The third kappa shape index (κ3) is 5.80. The van der Waals surface area contributed by atoms with Crippen molar-refractivity contribution in [3.05, 3.63) is 60.2 Å². The summed E-state index contributed by atoms with van der Waals surface area (Å²) < 4.78 is 5.41. The first-order valence-electron chi connectivity index (χ1n) is 8.59. The Hall–Kier alpha value is -2.53. The molecule has 1 unspecified atom stereocenters. The Morgan fingerprint density at radius 3 is 2.44 bits per heavy atom. The molecular formula is C20H26N2O3. The van der Waals surface area contributed by atoms with Gasteiger partial charge in [-0.3, -0.25) is 0 Å². The van der Waals surface area contributed by atoms with Crippen molar-refractivity contribution in [1.29, 1.82) is 0 Å². The van der Waals surface area contributed by atoms with Gasteiger partial charge in [0.25, 0.3) is 0 Å². The predicted molar refractivity (Wildman–Crippen MR) is 99.8 cm³/mol. The van der Waals surface area contributed by atoms with Gasteiger partial charge in [-0.05, 0) is 50.1 Å². The first-order valence-corrected chi connectivity index (χ1v) is 8.59. The van der Waals surface area contributed by atoms with Crippen LogP contribution in [0.1, 0.15) is 25.8 Å². The molecule has 0 radical (unpaired) electrons. The Morgan fingerprint density at radius 2 is 1.84 bits per heavy atom. The molecule has 0 spiro atoms. The van der Waals surface area contributed by atoms with Gasteiger partial charge in [0.05, 0.1) is 6.61 Å². The van der Waals surface area contributed by atoms with Gasteiger partial charge < -0.3 is 20.1 Å². The van der Waals surface area contributed by atoms with E-state index in [1.807, 2.05) is 68.4 Å². The van der Waals surface area contributed by atoms with E-state index < -0.39 is 0 Å². The molecule has 0 saturated carbocycles. The quantitative estimate of drug-likeness (QED) is 0.765. The van der Waals surface area contributed by atoms with E-state index in [4.69, 9.17) is 4.74 Å². The molecule has 2 N–H and O–H groups in total. The Morgan fingerprint density at radius 1 is 1.16 bits per heavy atom. The molecule has 0 aliphatic rings. The van der Waals surface area contributed by atoms with Gasteiger partial charge in [-0.1, -0.05) is 30.3 Å². The van der Waals surface area contributed by atoms with Crippen LogP contribution >= 0.6 is 0 Å². The van der Waals surface area contributed by atoms with Crippen LogP contribution in [0.5, 0.6) is 5.75 Å². The first-order chi connectivity index (χ1) is 12.1. The maximum atomic E-state index is 12.7. The monoisotopic (exact) mass is 342 g/mol. The molecule has 1 atom stereocenters. The summed E-state index contributed by atoms with van der Waals surface area (Å²) in [6.45, 7) is 5.01. The number of carbonyl (C=O) groups is 1. The van der Waals surface area contributed by atoms with Crippen LogP contribution in [0.2, 0.25) is 0 Å². The van der Waals surface area contributed by atoms with Gasteiger partial charge in [-0.2, -0.15) is 0 Å². The number of aliphatic hydroxyl groups excluding tert-OH is 1. The summed E-state index contributed by atoms with van der Waals surface area (Å²) in [5, 5.41) is 12.2. The van der Waals surface area contributed by atoms with Crippen LogP contribution in [0.4, 0.5) is 10.5 Å². The van der Waals surface area contributed by atoms with Crippen molar-refractivity contribution in [3.8, 4) is 5.75 Å². The lowest BCUT2D eigenvalue weighted by Crippen LogP contribution is -2.41. The number of nitrogens with one attached hydrogen (secondary N) is 1. The zero-order chi connectivity index (χ0) is 18.1. The number of hydrogen-bond acceptors (Lipinski definition) is 3. The molecule has 0 aromatic heterocycles. The minimum absolute atomic E-state index is 0.0444. The van der Waals surface area contributed by atoms with Crippen molar-refractivity contribution >= 4 is 11.7 Å². The summed E-state index contributed by atoms with van der Waals surface area (Å²) in [6.07, 6.45) is 0.531. The lowest BCUT2D eigenvalue weighted by Gasteiger charge is -2.29. The summed E-state index contributed by atoms with van der Waals surface area (Å²) in [5.74, 6) is 0.773. The number of amides is 2. The van der Waals surface area contributed by atoms with Crippen LogP contribution in [0.25, 0.3) is 0 Å². The van der Waals surface area contributed by atoms with Crippen LogP contribution < -0.4 is 10.1 Å². The molecular weight excluding hydrogens is 316 g/mol. The van der Waals surface area contributed by atoms with E-state index in [1.165, 1.54) is 0 Å². The van der Waals surface area contributed by atoms with E-state index in [1.54, 1.807) is 4.90 Å². The van der Waals surface area contributed by atoms with Crippen molar-refractivity contribution in [3.63, 3.8) is 0 Å². The zero-order valence-corrected chi connectivity index (χ0v) is 14.8. The standard InChI is InChI=1S/C20H26N2O3/c1-3-25-19-11-9-18(10-12-19)21-20(24)22(16(2)13-14-23)15-17-7-5-4-6-8-17/h4-12,16,23H,3,13-15H2,1-2H3,(H,21,24). The first kappa shape index (κ1) is 18.8. The molecule has 0 aliphatic carbocycles. The second-order valence-corrected chi connectivity index (χ2v) is 5.86. The Bertz CT molecular complexity index is 644. The fourth-order valence-corrected chi connectivity index (χ4v) is 2.55. The van der Waals surface area contributed by atoms with Gasteiger partial charge >= 0.3 is 6.03 Å². The molecule has 2 aromatic rings. The fourth-order valence-electron chi connectivity index (χ4n) is 2.55. The topological polar surface area (TPSA) is 61.8 Å². The van der Waals surface area contributed by atoms with Crippen LogP contribution in [0.3, 0.4) is 0 Å². The number of ether oxygens (including phenoxy) is 1. The largest absolute Gasteiger partial charge is 0.494 e. The third-order valence-electron chi connectivity index (χ3n) is 3.95. The van der Waals surface area contributed by atoms with Crippen molar-refractivity contribution in [2.45, 2.75) is 32.9 Å². The highest BCUT2D eigenvalue weighted by molar-refractivity contribution is 5.89. The number of rotatable bonds is 8. The minimum atomic E-state index is -0.186. The molecule has 5 nitrogen and oxygen atoms in total. The number of anilines is 1. The Labute approximate surface area is 149 Å². The highest BCUT2D eigenvalue weighted by Crippen LogP contribution is 2.18. The molecule has 25 heavy (non-hydrogen) atoms. The molecule has 134 valence electrons. The van der Waals surface area contributed by atoms with Crippen LogP contribution in [0.15, 0.2) is 54.6 Å². The number of hydrogen-bond donors (Lipinski definition) is 2. The normalized spacial score (nSPS) is 11.6. The molecule has 0 bridgehead atoms. The minimum Gasteiger partial charge on any atom is -0.494 e. The van der Waals surface area contributed by atoms with Crippen molar-refractivity contribution in [1.82, 2.24) is 4.90 Å². The Balaban J connectivity index is 2.08. The average Bonchev–Trinajstić information content (AvgIpc) is 2.62. The number of benzene rings is 2. The number of aliphatic hydroxyl groups is 1. The summed E-state index contributed by atoms with van der Waals surface area (Å²) in [5.41, 5.74) is 1.76. The average molecular weight is 342 g/mol. The van der Waals surface area contributed by atoms with E-state index in [9.17, 15) is 9.90 Å². The van der Waals surface area contributed by atoms with E-state index in [-0.39, 0.29) is 18.7 Å². The molecule has 2 rings (SSSR count). The van der Waals surface area contributed by atoms with Crippen LogP contribution in [-0.4, -0.2) is 35.3 Å². The lowest BCUT2D eigenvalue weighted by atomic mass is 10.1. The summed E-state index contributed by atoms with van der Waals surface area (Å²) >= 11 is 0. The van der Waals surface area contributed by atoms with Crippen molar-refractivity contribution in [2.75, 3.05) is 18.5 Å². The third-order valence-corrected chi connectivity index (χ3v) is 3.95. The van der Waals surface area contributed by atoms with Gasteiger partial charge in [-0.15, -0.1) is 0 Å². The molecule has 0 aliphatic heterocycles. The molecule has 0 saturated heterocycles. The van der Waals surface area contributed by atoms with Crippen LogP contribution in [-0.2, 0) is 6.54 Å². The van der Waals surface area contributed by atoms with Gasteiger partial charge in [0.15, 0.2) is 0 Å². The summed E-state index contributed by atoms with van der Waals surface area (Å²) in [6, 6.07) is 16.9. The highest BCUT2D eigenvalue weighted by atomic mass is 16.5. The molecule has 2 amide bonds. The molecule has 0 heterocycles. The number of carbonyl (C=O) groups excluding carboxylic acids is 1. The maximum absolute atomic E-state index is 12.7. The number of urea groups is 1. The maximum Gasteiger partial charge on any atom is 0.322 e. The SMILES string of the molecule is CCOc1ccc(NC(=O)N(Cc2ccccc2)C(C)CCO)cc1. The van der Waals surface area contributed by atoms with Crippen molar-refractivity contribution in [2.24, 2.45) is 0 Å². The smallest absolute Gasteiger partial charge is 0.322 e. The van der Waals surface area contributed by atoms with Crippen LogP contribution in [0, 0.1) is 0 Å². The zero-order valence-electron chi connectivity index (χ0n) is 14.8. The second kappa shape index (κ2) is 9.69. The van der Waals surface area contributed by atoms with E-state index >= 15 is 0 Å².